The molecule has 0 spiro atoms. The minimum Gasteiger partial charge on any atom is -0.530 e. The molecule has 1 aliphatic heterocycles. The first-order valence-corrected chi connectivity index (χ1v) is 7.67. The van der Waals surface area contributed by atoms with Crippen molar-refractivity contribution in [3.05, 3.63) is 65.2 Å². The second kappa shape index (κ2) is 7.04. The maximum atomic E-state index is 11.9. The average molecular weight is 325 g/mol. The molecule has 1 N–H and O–H groups in total. The average Bonchev–Trinajstić information content (AvgIpc) is 2.60. The summed E-state index contributed by atoms with van der Waals surface area (Å²) in [6.45, 7) is 0.922. The van der Waals surface area contributed by atoms with Gasteiger partial charge in [-0.3, -0.25) is 5.32 Å². The molecule has 0 saturated carbocycles. The number of nitrogens with one attached hydrogen (secondary N) is 1. The molecule has 2 aromatic rings. The summed E-state index contributed by atoms with van der Waals surface area (Å²) in [4.78, 5) is 24.0. The zero-order chi connectivity index (χ0) is 16.9. The predicted octanol–water partition coefficient (Wildman–Crippen LogP) is 2.14. The number of anilines is 1. The quantitative estimate of drug-likeness (QED) is 0.937. The Bertz CT molecular complexity index is 746. The smallest absolute Gasteiger partial charge is 0.411 e. The van der Waals surface area contributed by atoms with E-state index in [1.807, 2.05) is 42.5 Å². The van der Waals surface area contributed by atoms with Crippen LogP contribution in [0.15, 0.2) is 48.5 Å². The van der Waals surface area contributed by atoms with Gasteiger partial charge in [-0.2, -0.15) is 0 Å². The first-order valence-electron chi connectivity index (χ1n) is 7.67. The number of carbonyl (C=O) groups is 2. The summed E-state index contributed by atoms with van der Waals surface area (Å²) in [6.07, 6.45) is -1.09. The van der Waals surface area contributed by atoms with Crippen LogP contribution < -0.4 is 10.4 Å². The lowest BCUT2D eigenvalue weighted by Gasteiger charge is -2.31. The molecule has 2 aromatic carbocycles. The molecule has 0 aromatic heterocycles. The summed E-state index contributed by atoms with van der Waals surface area (Å²) in [6, 6.07) is 14.8. The van der Waals surface area contributed by atoms with Crippen LogP contribution in [0.4, 0.5) is 15.3 Å². The van der Waals surface area contributed by atoms with Gasteiger partial charge in [0.05, 0.1) is 0 Å². The van der Waals surface area contributed by atoms with Crippen molar-refractivity contribution in [2.24, 2.45) is 0 Å². The molecule has 0 saturated heterocycles. The van der Waals surface area contributed by atoms with Gasteiger partial charge in [-0.15, -0.1) is 0 Å². The van der Waals surface area contributed by atoms with E-state index in [2.05, 4.69) is 5.32 Å². The van der Waals surface area contributed by atoms with Crippen LogP contribution in [0.1, 0.15) is 16.7 Å². The van der Waals surface area contributed by atoms with Gasteiger partial charge in [0.25, 0.3) is 0 Å². The van der Waals surface area contributed by atoms with Crippen molar-refractivity contribution in [3.8, 4) is 0 Å². The van der Waals surface area contributed by atoms with Crippen molar-refractivity contribution in [2.45, 2.75) is 19.6 Å². The van der Waals surface area contributed by atoms with E-state index in [0.29, 0.717) is 25.2 Å². The zero-order valence-corrected chi connectivity index (χ0v) is 13.0. The molecular weight excluding hydrogens is 308 g/mol. The van der Waals surface area contributed by atoms with Crippen LogP contribution in [0.3, 0.4) is 0 Å². The first kappa shape index (κ1) is 15.9. The number of rotatable bonds is 3. The monoisotopic (exact) mass is 325 g/mol. The molecule has 1 heterocycles. The minimum absolute atomic E-state index is 0.207. The van der Waals surface area contributed by atoms with E-state index in [1.165, 1.54) is 4.90 Å². The molecule has 2 amide bonds. The normalized spacial score (nSPS) is 13.1. The number of nitrogens with zero attached hydrogens (tertiary/aromatic N) is 1. The second-order valence-electron chi connectivity index (χ2n) is 5.61. The maximum absolute atomic E-state index is 11.9. The van der Waals surface area contributed by atoms with Crippen LogP contribution in [0.2, 0.25) is 0 Å². The number of amides is 2. The van der Waals surface area contributed by atoms with Crippen molar-refractivity contribution < 1.29 is 19.4 Å². The Hall–Kier alpha value is -3.02. The highest BCUT2D eigenvalue weighted by molar-refractivity contribution is 5.84. The van der Waals surface area contributed by atoms with Crippen LogP contribution in [0.25, 0.3) is 0 Å². The minimum atomic E-state index is -1.16. The van der Waals surface area contributed by atoms with Crippen molar-refractivity contribution >= 4 is 17.9 Å². The predicted molar refractivity (Wildman–Crippen MR) is 86.2 cm³/mol. The number of ether oxygens (including phenoxy) is 1. The van der Waals surface area contributed by atoms with Gasteiger partial charge in [0.1, 0.15) is 12.7 Å². The van der Waals surface area contributed by atoms with Gasteiger partial charge < -0.3 is 19.5 Å². The van der Waals surface area contributed by atoms with Gasteiger partial charge in [0.2, 0.25) is 0 Å². The Morgan fingerprint density at radius 2 is 1.92 bits per heavy atom. The number of carbonyl (C=O) groups excluding carboxylic acids is 2. The summed E-state index contributed by atoms with van der Waals surface area (Å²) in [5, 5.41) is 13.6. The fourth-order valence-corrected chi connectivity index (χ4v) is 2.66. The topological polar surface area (TPSA) is 81.7 Å². The van der Waals surface area contributed by atoms with Gasteiger partial charge in [0, 0.05) is 18.8 Å². The number of carboxylic acid groups (broad SMARTS) is 1. The lowest BCUT2D eigenvalue weighted by molar-refractivity contribution is -0.266. The van der Waals surface area contributed by atoms with Crippen molar-refractivity contribution in [1.29, 1.82) is 0 Å². The van der Waals surface area contributed by atoms with Crippen LogP contribution in [-0.2, 0) is 24.3 Å². The fraction of sp³-hybridized carbons (Fsp3) is 0.222. The van der Waals surface area contributed by atoms with E-state index in [1.54, 1.807) is 6.07 Å². The number of benzene rings is 2. The van der Waals surface area contributed by atoms with Crippen molar-refractivity contribution in [3.63, 3.8) is 0 Å². The lowest BCUT2D eigenvalue weighted by Crippen LogP contribution is -2.43. The molecule has 0 atom stereocenters. The van der Waals surface area contributed by atoms with Gasteiger partial charge in [-0.25, -0.2) is 4.79 Å². The molecule has 0 radical (unpaired) electrons. The summed E-state index contributed by atoms with van der Waals surface area (Å²) in [7, 11) is 0. The zero-order valence-electron chi connectivity index (χ0n) is 13.0. The summed E-state index contributed by atoms with van der Waals surface area (Å²) < 4.78 is 5.18. The molecule has 0 aliphatic carbocycles. The standard InChI is InChI=1S/C18H18N2O4/c21-17(24-12-13-4-2-1-3-5-13)19-16-7-6-15-11-20(18(22)23)9-8-14(15)10-16/h1-7,10H,8-9,11-12H2,(H,19,21)(H,22,23)/p-1. The highest BCUT2D eigenvalue weighted by Crippen LogP contribution is 2.22. The van der Waals surface area contributed by atoms with Crippen molar-refractivity contribution in [1.82, 2.24) is 4.90 Å². The molecule has 0 bridgehead atoms. The van der Waals surface area contributed by atoms with Crippen LogP contribution in [-0.4, -0.2) is 23.6 Å². The lowest BCUT2D eigenvalue weighted by atomic mass is 9.99. The SMILES string of the molecule is O=C(Nc1ccc2c(c1)CCN(C(=O)[O-])C2)OCc1ccccc1. The summed E-state index contributed by atoms with van der Waals surface area (Å²) >= 11 is 0. The van der Waals surface area contributed by atoms with Crippen molar-refractivity contribution in [2.75, 3.05) is 11.9 Å². The molecular formula is C18H17N2O4-. The number of hydrogen-bond donors (Lipinski definition) is 1. The van der Waals surface area contributed by atoms with Gasteiger partial charge in [-0.1, -0.05) is 36.4 Å². The Morgan fingerprint density at radius 3 is 2.67 bits per heavy atom. The highest BCUT2D eigenvalue weighted by Gasteiger charge is 2.16. The van der Waals surface area contributed by atoms with E-state index in [4.69, 9.17) is 4.74 Å². The second-order valence-corrected chi connectivity index (χ2v) is 5.61. The summed E-state index contributed by atoms with van der Waals surface area (Å²) in [5.41, 5.74) is 3.50. The summed E-state index contributed by atoms with van der Waals surface area (Å²) in [5.74, 6) is 0. The fourth-order valence-electron chi connectivity index (χ4n) is 2.66. The van der Waals surface area contributed by atoms with Crippen LogP contribution in [0, 0.1) is 0 Å². The Morgan fingerprint density at radius 1 is 1.12 bits per heavy atom. The van der Waals surface area contributed by atoms with E-state index < -0.39 is 12.2 Å². The molecule has 6 nitrogen and oxygen atoms in total. The Balaban J connectivity index is 1.58. The third kappa shape index (κ3) is 3.84. The van der Waals surface area contributed by atoms with Gasteiger partial charge >= 0.3 is 6.09 Å². The van der Waals surface area contributed by atoms with E-state index in [-0.39, 0.29) is 6.61 Å². The molecule has 3 rings (SSSR count). The molecule has 1 aliphatic rings. The maximum Gasteiger partial charge on any atom is 0.411 e. The largest absolute Gasteiger partial charge is 0.530 e. The number of fused-ring (bicyclic) bond motifs is 1. The van der Waals surface area contributed by atoms with E-state index >= 15 is 0 Å². The third-order valence-corrected chi connectivity index (χ3v) is 3.94. The first-order chi connectivity index (χ1) is 11.6. The van der Waals surface area contributed by atoms with Gasteiger partial charge in [0.15, 0.2) is 0 Å². The Kier molecular flexibility index (Phi) is 4.65. The van der Waals surface area contributed by atoms with Crippen LogP contribution in [0.5, 0.6) is 0 Å². The highest BCUT2D eigenvalue weighted by atomic mass is 16.5. The number of hydrogen-bond acceptors (Lipinski definition) is 4. The molecule has 6 heteroatoms. The molecule has 0 fully saturated rings. The molecule has 24 heavy (non-hydrogen) atoms. The van der Waals surface area contributed by atoms with E-state index in [9.17, 15) is 14.7 Å². The Labute approximate surface area is 139 Å². The van der Waals surface area contributed by atoms with Crippen LogP contribution >= 0.6 is 0 Å². The molecule has 0 unspecified atom stereocenters. The molecule has 124 valence electrons. The van der Waals surface area contributed by atoms with E-state index in [0.717, 1.165) is 16.7 Å². The third-order valence-electron chi connectivity index (χ3n) is 3.94. The van der Waals surface area contributed by atoms with Gasteiger partial charge in [-0.05, 0) is 35.2 Å².